The Morgan fingerprint density at radius 1 is 1.17 bits per heavy atom. The lowest BCUT2D eigenvalue weighted by molar-refractivity contribution is -0.118. The number of Topliss-reactive ketones (excluding diaryl/α,β-unsaturated/α-hetero) is 1. The van der Waals surface area contributed by atoms with Crippen molar-refractivity contribution in [3.05, 3.63) is 54.2 Å². The number of amides is 1. The zero-order valence-corrected chi connectivity index (χ0v) is 16.9. The summed E-state index contributed by atoms with van der Waals surface area (Å²) in [6, 6.07) is 7.46. The number of carbonyl (C=O) groups excluding carboxylic acids is 2. The Morgan fingerprint density at radius 2 is 2.00 bits per heavy atom. The quantitative estimate of drug-likeness (QED) is 0.426. The summed E-state index contributed by atoms with van der Waals surface area (Å²) in [5.74, 6) is 0.0335. The van der Waals surface area contributed by atoms with Crippen LogP contribution in [0.4, 0.5) is 11.6 Å². The number of imidazole rings is 1. The van der Waals surface area contributed by atoms with E-state index in [2.05, 4.69) is 30.6 Å². The molecule has 152 valence electrons. The summed E-state index contributed by atoms with van der Waals surface area (Å²) in [7, 11) is 1.90. The monoisotopic (exact) mass is 403 g/mol. The SMILES string of the molecule is CC(=O)NCC(=O)c1cc2cc(Nc3nccc(-c4cn(C)cn4)n3)cc(C)c2[nH]1. The first kappa shape index (κ1) is 19.3. The molecule has 0 unspecified atom stereocenters. The highest BCUT2D eigenvalue weighted by Gasteiger charge is 2.13. The van der Waals surface area contributed by atoms with Crippen LogP contribution < -0.4 is 10.6 Å². The van der Waals surface area contributed by atoms with Crippen LogP contribution >= 0.6 is 0 Å². The fourth-order valence-electron chi connectivity index (χ4n) is 3.18. The van der Waals surface area contributed by atoms with Crippen LogP contribution in [0.5, 0.6) is 0 Å². The van der Waals surface area contributed by atoms with Crippen LogP contribution in [-0.4, -0.2) is 42.7 Å². The van der Waals surface area contributed by atoms with Gasteiger partial charge in [0.05, 0.1) is 24.3 Å². The van der Waals surface area contributed by atoms with Crippen LogP contribution in [0.2, 0.25) is 0 Å². The molecule has 3 aromatic heterocycles. The predicted molar refractivity (Wildman–Crippen MR) is 114 cm³/mol. The molecule has 0 fully saturated rings. The van der Waals surface area contributed by atoms with E-state index in [0.717, 1.165) is 33.5 Å². The fraction of sp³-hybridized carbons (Fsp3) is 0.190. The van der Waals surface area contributed by atoms with E-state index in [1.807, 2.05) is 36.9 Å². The van der Waals surface area contributed by atoms with Crippen LogP contribution in [0.1, 0.15) is 23.0 Å². The molecule has 3 N–H and O–H groups in total. The molecule has 1 aromatic carbocycles. The van der Waals surface area contributed by atoms with Crippen molar-refractivity contribution in [2.75, 3.05) is 11.9 Å². The maximum absolute atomic E-state index is 12.3. The van der Waals surface area contributed by atoms with Crippen molar-refractivity contribution in [1.82, 2.24) is 29.8 Å². The van der Waals surface area contributed by atoms with Crippen LogP contribution in [0.25, 0.3) is 22.3 Å². The molecule has 0 aliphatic rings. The molecule has 9 heteroatoms. The van der Waals surface area contributed by atoms with E-state index < -0.39 is 0 Å². The second-order valence-electron chi connectivity index (χ2n) is 7.09. The smallest absolute Gasteiger partial charge is 0.227 e. The Balaban J connectivity index is 1.59. The zero-order valence-electron chi connectivity index (χ0n) is 16.9. The van der Waals surface area contributed by atoms with Crippen molar-refractivity contribution in [2.24, 2.45) is 7.05 Å². The van der Waals surface area contributed by atoms with Crippen LogP contribution in [-0.2, 0) is 11.8 Å². The first-order valence-corrected chi connectivity index (χ1v) is 9.38. The van der Waals surface area contributed by atoms with Gasteiger partial charge in [0.2, 0.25) is 11.9 Å². The van der Waals surface area contributed by atoms with Crippen molar-refractivity contribution in [2.45, 2.75) is 13.8 Å². The second-order valence-corrected chi connectivity index (χ2v) is 7.09. The van der Waals surface area contributed by atoms with Gasteiger partial charge in [-0.3, -0.25) is 9.59 Å². The summed E-state index contributed by atoms with van der Waals surface area (Å²) >= 11 is 0. The minimum Gasteiger partial charge on any atom is -0.352 e. The van der Waals surface area contributed by atoms with E-state index in [1.54, 1.807) is 24.7 Å². The molecule has 9 nitrogen and oxygen atoms in total. The third-order valence-corrected chi connectivity index (χ3v) is 4.60. The normalized spacial score (nSPS) is 10.9. The minimum atomic E-state index is -0.241. The van der Waals surface area contributed by atoms with Crippen molar-refractivity contribution >= 4 is 34.2 Å². The lowest BCUT2D eigenvalue weighted by Gasteiger charge is -2.07. The highest BCUT2D eigenvalue weighted by atomic mass is 16.2. The van der Waals surface area contributed by atoms with Gasteiger partial charge in [-0.05, 0) is 36.8 Å². The summed E-state index contributed by atoms with van der Waals surface area (Å²) in [6.07, 6.45) is 5.29. The van der Waals surface area contributed by atoms with Crippen LogP contribution in [0.3, 0.4) is 0 Å². The number of aryl methyl sites for hydroxylation is 2. The Labute approximate surface area is 172 Å². The Bertz CT molecular complexity index is 1260. The van der Waals surface area contributed by atoms with E-state index in [4.69, 9.17) is 0 Å². The standard InChI is InChI=1S/C21H21N7O2/c1-12-6-15(7-14-8-17(26-20(12)14)19(30)9-23-13(2)29)25-21-22-5-4-16(27-21)18-10-28(3)11-24-18/h4-8,10-11,26H,9H2,1-3H3,(H,23,29)(H,22,25,27). The fourth-order valence-corrected chi connectivity index (χ4v) is 3.18. The van der Waals surface area contributed by atoms with Gasteiger partial charge in [-0.25, -0.2) is 15.0 Å². The van der Waals surface area contributed by atoms with Crippen molar-refractivity contribution in [3.63, 3.8) is 0 Å². The first-order chi connectivity index (χ1) is 14.4. The summed E-state index contributed by atoms with van der Waals surface area (Å²) in [6.45, 7) is 3.29. The molecule has 4 rings (SSSR count). The summed E-state index contributed by atoms with van der Waals surface area (Å²) < 4.78 is 1.86. The number of nitrogens with zero attached hydrogens (tertiary/aromatic N) is 4. The lowest BCUT2D eigenvalue weighted by Crippen LogP contribution is -2.27. The van der Waals surface area contributed by atoms with Gasteiger partial charge in [-0.2, -0.15) is 0 Å². The van der Waals surface area contributed by atoms with E-state index in [-0.39, 0.29) is 18.2 Å². The molecular formula is C21H21N7O2. The molecule has 4 aromatic rings. The molecule has 0 saturated carbocycles. The Morgan fingerprint density at radius 3 is 2.73 bits per heavy atom. The third kappa shape index (κ3) is 4.04. The molecule has 1 amide bonds. The molecule has 0 aliphatic carbocycles. The number of ketones is 1. The zero-order chi connectivity index (χ0) is 21.3. The third-order valence-electron chi connectivity index (χ3n) is 4.60. The largest absolute Gasteiger partial charge is 0.352 e. The van der Waals surface area contributed by atoms with Gasteiger partial charge in [-0.15, -0.1) is 0 Å². The van der Waals surface area contributed by atoms with Gasteiger partial charge in [0.25, 0.3) is 0 Å². The number of nitrogens with one attached hydrogen (secondary N) is 3. The van der Waals surface area contributed by atoms with Gasteiger partial charge in [-0.1, -0.05) is 0 Å². The van der Waals surface area contributed by atoms with Gasteiger partial charge >= 0.3 is 0 Å². The maximum atomic E-state index is 12.3. The summed E-state index contributed by atoms with van der Waals surface area (Å²) in [5.41, 5.74) is 4.58. The number of anilines is 2. The first-order valence-electron chi connectivity index (χ1n) is 9.38. The Kier molecular flexibility index (Phi) is 5.01. The van der Waals surface area contributed by atoms with E-state index in [9.17, 15) is 9.59 Å². The van der Waals surface area contributed by atoms with Crippen molar-refractivity contribution in [3.8, 4) is 11.4 Å². The van der Waals surface area contributed by atoms with Crippen LogP contribution in [0.15, 0.2) is 43.0 Å². The predicted octanol–water partition coefficient (Wildman–Crippen LogP) is 2.73. The number of aromatic nitrogens is 5. The molecule has 0 saturated heterocycles. The van der Waals surface area contributed by atoms with Crippen molar-refractivity contribution in [1.29, 1.82) is 0 Å². The number of H-pyrrole nitrogens is 1. The second kappa shape index (κ2) is 7.78. The Hall–Kier alpha value is -4.01. The van der Waals surface area contributed by atoms with E-state index in [0.29, 0.717) is 11.6 Å². The van der Waals surface area contributed by atoms with E-state index in [1.165, 1.54) is 6.92 Å². The van der Waals surface area contributed by atoms with Crippen LogP contribution in [0, 0.1) is 6.92 Å². The van der Waals surface area contributed by atoms with Gasteiger partial charge in [0.1, 0.15) is 5.69 Å². The topological polar surface area (TPSA) is 118 Å². The molecule has 0 atom stereocenters. The number of aromatic amines is 1. The number of carbonyl (C=O) groups is 2. The molecule has 3 heterocycles. The molecule has 30 heavy (non-hydrogen) atoms. The number of fused-ring (bicyclic) bond motifs is 1. The average Bonchev–Trinajstić information content (AvgIpc) is 3.33. The molecule has 0 aliphatic heterocycles. The van der Waals surface area contributed by atoms with Gasteiger partial charge in [0.15, 0.2) is 5.78 Å². The highest BCUT2D eigenvalue weighted by molar-refractivity contribution is 6.02. The van der Waals surface area contributed by atoms with E-state index >= 15 is 0 Å². The molecule has 0 spiro atoms. The number of hydrogen-bond donors (Lipinski definition) is 3. The molecule has 0 bridgehead atoms. The number of rotatable bonds is 6. The summed E-state index contributed by atoms with van der Waals surface area (Å²) in [5, 5.41) is 6.62. The molecular weight excluding hydrogens is 382 g/mol. The number of benzene rings is 1. The van der Waals surface area contributed by atoms with Gasteiger partial charge in [0, 0.05) is 43.0 Å². The maximum Gasteiger partial charge on any atom is 0.227 e. The summed E-state index contributed by atoms with van der Waals surface area (Å²) in [4.78, 5) is 39.6. The van der Waals surface area contributed by atoms with Gasteiger partial charge < -0.3 is 20.2 Å². The average molecular weight is 403 g/mol. The van der Waals surface area contributed by atoms with Crippen molar-refractivity contribution < 1.29 is 9.59 Å². The highest BCUT2D eigenvalue weighted by Crippen LogP contribution is 2.26. The molecule has 0 radical (unpaired) electrons. The minimum absolute atomic E-state index is 0.0412. The lowest BCUT2D eigenvalue weighted by atomic mass is 10.1. The number of hydrogen-bond acceptors (Lipinski definition) is 6.